The highest BCUT2D eigenvalue weighted by atomic mass is 32.2. The molecule has 1 rings (SSSR count). The Hall–Kier alpha value is -0.750. The molecule has 19 heavy (non-hydrogen) atoms. The topological polar surface area (TPSA) is 69.6 Å². The molecule has 0 bridgehead atoms. The van der Waals surface area contributed by atoms with Crippen LogP contribution in [0, 0.1) is 5.41 Å². The first-order valence-electron chi connectivity index (χ1n) is 6.41. The highest BCUT2D eigenvalue weighted by Gasteiger charge is 2.39. The summed E-state index contributed by atoms with van der Waals surface area (Å²) in [4.78, 5) is 26.0. The second-order valence-electron chi connectivity index (χ2n) is 6.57. The lowest BCUT2D eigenvalue weighted by Crippen LogP contribution is -2.52. The predicted octanol–water partition coefficient (Wildman–Crippen LogP) is 0.821. The summed E-state index contributed by atoms with van der Waals surface area (Å²) in [5.74, 6) is 0.960. The molecule has 2 N–H and O–H groups in total. The third kappa shape index (κ3) is 4.69. The largest absolute Gasteiger partial charge is 0.389 e. The number of amides is 2. The van der Waals surface area contributed by atoms with Gasteiger partial charge in [0.2, 0.25) is 11.8 Å². The van der Waals surface area contributed by atoms with Gasteiger partial charge in [-0.25, -0.2) is 0 Å². The molecule has 2 amide bonds. The van der Waals surface area contributed by atoms with Crippen LogP contribution in [0.3, 0.4) is 0 Å². The number of carbonyl (C=O) groups excluding carboxylic acids is 2. The summed E-state index contributed by atoms with van der Waals surface area (Å²) in [6, 6.07) is -0.431. The fraction of sp³-hybridized carbons (Fsp3) is 0.846. The fourth-order valence-corrected chi connectivity index (χ4v) is 2.87. The van der Waals surface area contributed by atoms with Crippen LogP contribution in [0.4, 0.5) is 0 Å². The van der Waals surface area contributed by atoms with Crippen molar-refractivity contribution in [3.63, 3.8) is 0 Å². The number of nitrogens with zero attached hydrogens (tertiary/aromatic N) is 1. The predicted molar refractivity (Wildman–Crippen MR) is 76.7 cm³/mol. The molecule has 1 aliphatic rings. The van der Waals surface area contributed by atoms with Crippen molar-refractivity contribution in [2.24, 2.45) is 5.41 Å². The zero-order valence-electron chi connectivity index (χ0n) is 12.3. The van der Waals surface area contributed by atoms with Gasteiger partial charge in [-0.05, 0) is 13.8 Å². The van der Waals surface area contributed by atoms with Gasteiger partial charge >= 0.3 is 0 Å². The monoisotopic (exact) mass is 288 g/mol. The van der Waals surface area contributed by atoms with E-state index in [2.05, 4.69) is 5.32 Å². The van der Waals surface area contributed by atoms with E-state index in [1.807, 2.05) is 20.8 Å². The van der Waals surface area contributed by atoms with Crippen LogP contribution in [0.5, 0.6) is 0 Å². The lowest BCUT2D eigenvalue weighted by atomic mass is 9.94. The maximum Gasteiger partial charge on any atom is 0.243 e. The average molecular weight is 288 g/mol. The van der Waals surface area contributed by atoms with Crippen LogP contribution in [-0.4, -0.2) is 51.6 Å². The third-order valence-corrected chi connectivity index (χ3v) is 3.79. The molecule has 0 aromatic heterocycles. The van der Waals surface area contributed by atoms with Gasteiger partial charge in [0.25, 0.3) is 0 Å². The van der Waals surface area contributed by atoms with Crippen LogP contribution in [0.1, 0.15) is 34.6 Å². The zero-order chi connectivity index (χ0) is 14.8. The van der Waals surface area contributed by atoms with Crippen molar-refractivity contribution in [3.05, 3.63) is 0 Å². The van der Waals surface area contributed by atoms with Gasteiger partial charge in [0.1, 0.15) is 6.04 Å². The van der Waals surface area contributed by atoms with Crippen LogP contribution in [-0.2, 0) is 9.59 Å². The molecule has 110 valence electrons. The Balaban J connectivity index is 2.66. The van der Waals surface area contributed by atoms with Crippen LogP contribution >= 0.6 is 11.8 Å². The Morgan fingerprint density at radius 1 is 1.32 bits per heavy atom. The van der Waals surface area contributed by atoms with Gasteiger partial charge in [-0.15, -0.1) is 11.8 Å². The first kappa shape index (κ1) is 16.3. The van der Waals surface area contributed by atoms with E-state index in [1.165, 1.54) is 0 Å². The summed E-state index contributed by atoms with van der Waals surface area (Å²) in [5, 5.41) is 12.3. The average Bonchev–Trinajstić information content (AvgIpc) is 2.71. The normalized spacial score (nSPS) is 20.5. The van der Waals surface area contributed by atoms with Crippen molar-refractivity contribution in [1.82, 2.24) is 10.2 Å². The summed E-state index contributed by atoms with van der Waals surface area (Å²) >= 11 is 1.58. The van der Waals surface area contributed by atoms with E-state index in [0.717, 1.165) is 0 Å². The molecule has 1 fully saturated rings. The van der Waals surface area contributed by atoms with E-state index in [1.54, 1.807) is 30.5 Å². The molecule has 0 aromatic carbocycles. The lowest BCUT2D eigenvalue weighted by Gasteiger charge is -2.30. The maximum absolute atomic E-state index is 12.3. The second kappa shape index (κ2) is 5.71. The van der Waals surface area contributed by atoms with E-state index in [0.29, 0.717) is 11.6 Å². The quantitative estimate of drug-likeness (QED) is 0.807. The fourth-order valence-electron chi connectivity index (χ4n) is 1.71. The zero-order valence-corrected chi connectivity index (χ0v) is 13.1. The lowest BCUT2D eigenvalue weighted by molar-refractivity contribution is -0.144. The van der Waals surface area contributed by atoms with E-state index < -0.39 is 17.1 Å². The Morgan fingerprint density at radius 3 is 2.37 bits per heavy atom. The van der Waals surface area contributed by atoms with Gasteiger partial charge in [-0.1, -0.05) is 20.8 Å². The molecule has 5 nitrogen and oxygen atoms in total. The Bertz CT molecular complexity index is 358. The third-order valence-electron chi connectivity index (χ3n) is 2.78. The minimum absolute atomic E-state index is 0.0130. The van der Waals surface area contributed by atoms with Crippen molar-refractivity contribution in [3.8, 4) is 0 Å². The SMILES string of the molecule is CC(C)(O)CNC(=O)C1CSCN1C(=O)C(C)(C)C. The molecular formula is C13H24N2O3S. The highest BCUT2D eigenvalue weighted by molar-refractivity contribution is 7.99. The summed E-state index contributed by atoms with van der Waals surface area (Å²) in [5.41, 5.74) is -1.43. The summed E-state index contributed by atoms with van der Waals surface area (Å²) < 4.78 is 0. The number of hydrogen-bond donors (Lipinski definition) is 2. The van der Waals surface area contributed by atoms with Crippen molar-refractivity contribution in [2.45, 2.75) is 46.3 Å². The maximum atomic E-state index is 12.3. The van der Waals surface area contributed by atoms with Crippen LogP contribution < -0.4 is 5.32 Å². The number of aliphatic hydroxyl groups is 1. The Morgan fingerprint density at radius 2 is 1.89 bits per heavy atom. The van der Waals surface area contributed by atoms with Gasteiger partial charge in [-0.3, -0.25) is 9.59 Å². The molecule has 0 aromatic rings. The Kier molecular flexibility index (Phi) is 4.90. The first-order chi connectivity index (χ1) is 8.52. The van der Waals surface area contributed by atoms with E-state index in [9.17, 15) is 14.7 Å². The Labute approximate surface area is 119 Å². The van der Waals surface area contributed by atoms with E-state index in [4.69, 9.17) is 0 Å². The molecule has 1 atom stereocenters. The number of hydrogen-bond acceptors (Lipinski definition) is 4. The molecule has 1 aliphatic heterocycles. The van der Waals surface area contributed by atoms with Crippen LogP contribution in [0.2, 0.25) is 0 Å². The first-order valence-corrected chi connectivity index (χ1v) is 7.57. The van der Waals surface area contributed by atoms with Gasteiger partial charge < -0.3 is 15.3 Å². The summed E-state index contributed by atoms with van der Waals surface area (Å²) in [7, 11) is 0. The molecular weight excluding hydrogens is 264 g/mol. The van der Waals surface area contributed by atoms with Crippen LogP contribution in [0.15, 0.2) is 0 Å². The second-order valence-corrected chi connectivity index (χ2v) is 7.57. The van der Waals surface area contributed by atoms with Gasteiger partial charge in [-0.2, -0.15) is 0 Å². The van der Waals surface area contributed by atoms with E-state index >= 15 is 0 Å². The molecule has 6 heteroatoms. The highest BCUT2D eigenvalue weighted by Crippen LogP contribution is 2.27. The number of carbonyl (C=O) groups is 2. The van der Waals surface area contributed by atoms with Crippen molar-refractivity contribution < 1.29 is 14.7 Å². The van der Waals surface area contributed by atoms with Gasteiger partial charge in [0.15, 0.2) is 0 Å². The van der Waals surface area contributed by atoms with Crippen LogP contribution in [0.25, 0.3) is 0 Å². The smallest absolute Gasteiger partial charge is 0.243 e. The minimum Gasteiger partial charge on any atom is -0.389 e. The molecule has 1 heterocycles. The van der Waals surface area contributed by atoms with Crippen molar-refractivity contribution in [2.75, 3.05) is 18.2 Å². The van der Waals surface area contributed by atoms with Gasteiger partial charge in [0.05, 0.1) is 11.5 Å². The molecule has 0 aliphatic carbocycles. The standard InChI is InChI=1S/C13H24N2O3S/c1-12(2,3)11(17)15-8-19-6-9(15)10(16)14-7-13(4,5)18/h9,18H,6-8H2,1-5H3,(H,14,16). The minimum atomic E-state index is -0.944. The van der Waals surface area contributed by atoms with E-state index in [-0.39, 0.29) is 18.4 Å². The van der Waals surface area contributed by atoms with Gasteiger partial charge in [0, 0.05) is 17.7 Å². The molecule has 1 unspecified atom stereocenters. The van der Waals surface area contributed by atoms with Crippen molar-refractivity contribution >= 4 is 23.6 Å². The summed E-state index contributed by atoms with van der Waals surface area (Å²) in [6.07, 6.45) is 0. The number of thioether (sulfide) groups is 1. The molecule has 0 saturated carbocycles. The summed E-state index contributed by atoms with van der Waals surface area (Å²) in [6.45, 7) is 9.01. The number of rotatable bonds is 3. The number of nitrogens with one attached hydrogen (secondary N) is 1. The molecule has 0 radical (unpaired) electrons. The van der Waals surface area contributed by atoms with Crippen molar-refractivity contribution in [1.29, 1.82) is 0 Å². The molecule has 1 saturated heterocycles. The molecule has 0 spiro atoms.